The number of hydrogen-bond acceptors (Lipinski definition) is 10. The fourth-order valence-electron chi connectivity index (χ4n) is 12.7. The average molecular weight is 1110 g/mol. The first kappa shape index (κ1) is 50.6. The van der Waals surface area contributed by atoms with Gasteiger partial charge in [-0.15, -0.1) is 0 Å². The SMILES string of the molecule is CC1(C)c2cc(-c3ccc(-c4nc(-c5ccccc5)nc(-c5ccccc5)n4)cc3)ccc2-c2cc3c(cc21)oc1ccccc13.CC1(C)c2cc(-c3nc(-c4ccccn4)nc(-c4ccccn4)n3)ccc2-c2cc3c(cc21)oc1ccccc13. The van der Waals surface area contributed by atoms with Crippen LogP contribution in [0.25, 0.3) is 146 Å². The maximum Gasteiger partial charge on any atom is 0.182 e. The molecule has 2 aliphatic carbocycles. The highest BCUT2D eigenvalue weighted by atomic mass is 16.3. The van der Waals surface area contributed by atoms with Crippen LogP contribution >= 0.6 is 0 Å². The fourth-order valence-corrected chi connectivity index (χ4v) is 12.7. The van der Waals surface area contributed by atoms with Crippen molar-refractivity contribution < 1.29 is 8.83 Å². The number of aromatic nitrogens is 8. The van der Waals surface area contributed by atoms with E-state index in [-0.39, 0.29) is 10.8 Å². The van der Waals surface area contributed by atoms with Gasteiger partial charge in [0.15, 0.2) is 34.9 Å². The lowest BCUT2D eigenvalue weighted by molar-refractivity contribution is 0.647. The van der Waals surface area contributed by atoms with E-state index in [0.717, 1.165) is 66.3 Å². The van der Waals surface area contributed by atoms with E-state index in [9.17, 15) is 0 Å². The van der Waals surface area contributed by atoms with Gasteiger partial charge in [0.2, 0.25) is 0 Å². The summed E-state index contributed by atoms with van der Waals surface area (Å²) in [5.74, 6) is 3.60. The van der Waals surface area contributed by atoms with Crippen molar-refractivity contribution in [2.75, 3.05) is 0 Å². The number of pyridine rings is 2. The Bertz CT molecular complexity index is 5040. The molecule has 15 aromatic rings. The highest BCUT2D eigenvalue weighted by Gasteiger charge is 2.38. The summed E-state index contributed by atoms with van der Waals surface area (Å²) < 4.78 is 12.5. The monoisotopic (exact) mass is 1110 g/mol. The van der Waals surface area contributed by atoms with Crippen LogP contribution in [0.1, 0.15) is 49.9 Å². The Hall–Kier alpha value is -11.1. The maximum absolute atomic E-state index is 6.26. The molecule has 0 amide bonds. The molecule has 86 heavy (non-hydrogen) atoms. The van der Waals surface area contributed by atoms with Gasteiger partial charge >= 0.3 is 0 Å². The predicted molar refractivity (Wildman–Crippen MR) is 343 cm³/mol. The molecule has 10 heteroatoms. The van der Waals surface area contributed by atoms with Crippen molar-refractivity contribution in [3.8, 4) is 102 Å². The van der Waals surface area contributed by atoms with Gasteiger partial charge in [-0.05, 0) is 128 Å². The van der Waals surface area contributed by atoms with Crippen LogP contribution in [0.5, 0.6) is 0 Å². The minimum absolute atomic E-state index is 0.152. The largest absolute Gasteiger partial charge is 0.456 e. The zero-order valence-electron chi connectivity index (χ0n) is 47.5. The van der Waals surface area contributed by atoms with Crippen LogP contribution in [0.2, 0.25) is 0 Å². The Labute approximate surface area is 495 Å². The van der Waals surface area contributed by atoms with E-state index in [2.05, 4.69) is 147 Å². The Kier molecular flexibility index (Phi) is 11.6. The zero-order valence-corrected chi connectivity index (χ0v) is 47.5. The Morgan fingerprint density at radius 2 is 0.616 bits per heavy atom. The number of furan rings is 2. The van der Waals surface area contributed by atoms with E-state index >= 15 is 0 Å². The predicted octanol–water partition coefficient (Wildman–Crippen LogP) is 18.6. The van der Waals surface area contributed by atoms with Gasteiger partial charge in [-0.1, -0.05) is 185 Å². The first-order chi connectivity index (χ1) is 42.1. The molecular formula is C76H52N8O2. The van der Waals surface area contributed by atoms with Crippen LogP contribution in [0.4, 0.5) is 0 Å². The molecule has 2 aliphatic rings. The third-order valence-corrected chi connectivity index (χ3v) is 17.2. The zero-order chi connectivity index (χ0) is 57.7. The van der Waals surface area contributed by atoms with Crippen molar-refractivity contribution in [3.63, 3.8) is 0 Å². The molecule has 17 rings (SSSR count). The molecule has 9 aromatic carbocycles. The van der Waals surface area contributed by atoms with Gasteiger partial charge < -0.3 is 8.83 Å². The van der Waals surface area contributed by atoms with Gasteiger partial charge in [0, 0.05) is 67.0 Å². The molecule has 0 bridgehead atoms. The van der Waals surface area contributed by atoms with Crippen molar-refractivity contribution in [3.05, 3.63) is 265 Å². The van der Waals surface area contributed by atoms with Gasteiger partial charge in [-0.25, -0.2) is 29.9 Å². The Morgan fingerprint density at radius 1 is 0.256 bits per heavy atom. The minimum atomic E-state index is -0.228. The quantitative estimate of drug-likeness (QED) is 0.152. The number of rotatable bonds is 7. The Balaban J connectivity index is 0.000000141. The first-order valence-electron chi connectivity index (χ1n) is 28.9. The summed E-state index contributed by atoms with van der Waals surface area (Å²) in [6, 6.07) is 79.1. The lowest BCUT2D eigenvalue weighted by Crippen LogP contribution is -2.15. The van der Waals surface area contributed by atoms with Gasteiger partial charge in [-0.3, -0.25) is 9.97 Å². The maximum atomic E-state index is 6.26. The second-order valence-electron chi connectivity index (χ2n) is 23.1. The van der Waals surface area contributed by atoms with Crippen molar-refractivity contribution in [1.82, 2.24) is 39.9 Å². The molecule has 408 valence electrons. The number of fused-ring (bicyclic) bond motifs is 12. The minimum Gasteiger partial charge on any atom is -0.456 e. The van der Waals surface area contributed by atoms with Crippen molar-refractivity contribution in [2.24, 2.45) is 0 Å². The van der Waals surface area contributed by atoms with Crippen molar-refractivity contribution in [1.29, 1.82) is 0 Å². The molecule has 0 saturated carbocycles. The number of benzene rings is 9. The molecule has 0 saturated heterocycles. The van der Waals surface area contributed by atoms with Gasteiger partial charge in [0.1, 0.15) is 33.7 Å². The molecule has 0 N–H and O–H groups in total. The van der Waals surface area contributed by atoms with Crippen LogP contribution in [0.3, 0.4) is 0 Å². The Morgan fingerprint density at radius 3 is 1.09 bits per heavy atom. The number of hydrogen-bond donors (Lipinski definition) is 0. The molecule has 0 unspecified atom stereocenters. The summed E-state index contributed by atoms with van der Waals surface area (Å²) in [5, 5.41) is 4.60. The number of nitrogens with zero attached hydrogens (tertiary/aromatic N) is 8. The molecular weight excluding hydrogens is 1060 g/mol. The summed E-state index contributed by atoms with van der Waals surface area (Å²) in [6.07, 6.45) is 3.49. The standard InChI is InChI=1S/C42H29N3O.C34H23N5O/c1-42(2)35-23-30(21-22-31(35)33-24-34-32-15-9-10-16-37(32)46-38(34)25-36(33)42)26-17-19-29(20-18-26)41-44-39(27-11-5-3-6-12-27)43-40(45-41)28-13-7-4-8-14-28;1-34(2)25-17-20(13-14-21(25)23-18-24-22-9-3-4-12-29(22)40-30(24)19-26(23)34)31-37-32(27-10-5-7-15-35-27)39-33(38-31)28-11-6-8-16-36-28/h3-25H,1-2H3;3-19H,1-2H3. The summed E-state index contributed by atoms with van der Waals surface area (Å²) >= 11 is 0. The van der Waals surface area contributed by atoms with Gasteiger partial charge in [-0.2, -0.15) is 0 Å². The lowest BCUT2D eigenvalue weighted by atomic mass is 9.81. The molecule has 0 radical (unpaired) electrons. The van der Waals surface area contributed by atoms with Crippen LogP contribution in [-0.2, 0) is 10.8 Å². The van der Waals surface area contributed by atoms with Crippen molar-refractivity contribution >= 4 is 43.9 Å². The van der Waals surface area contributed by atoms with E-state index in [1.54, 1.807) is 12.4 Å². The van der Waals surface area contributed by atoms with E-state index in [1.165, 1.54) is 55.5 Å². The molecule has 0 atom stereocenters. The van der Waals surface area contributed by atoms with E-state index in [4.69, 9.17) is 38.7 Å². The second kappa shape index (κ2) is 19.8. The highest BCUT2D eigenvalue weighted by Crippen LogP contribution is 2.53. The highest BCUT2D eigenvalue weighted by molar-refractivity contribution is 6.09. The fraction of sp³-hybridized carbons (Fsp3) is 0.0789. The van der Waals surface area contributed by atoms with Crippen LogP contribution < -0.4 is 0 Å². The molecule has 0 fully saturated rings. The van der Waals surface area contributed by atoms with E-state index in [0.29, 0.717) is 46.3 Å². The molecule has 6 aromatic heterocycles. The van der Waals surface area contributed by atoms with Gasteiger partial charge in [0.25, 0.3) is 0 Å². The third-order valence-electron chi connectivity index (χ3n) is 17.2. The summed E-state index contributed by atoms with van der Waals surface area (Å²) in [4.78, 5) is 38.1. The molecule has 6 heterocycles. The second-order valence-corrected chi connectivity index (χ2v) is 23.1. The summed E-state index contributed by atoms with van der Waals surface area (Å²) in [7, 11) is 0. The molecule has 0 aliphatic heterocycles. The first-order valence-corrected chi connectivity index (χ1v) is 28.9. The topological polar surface area (TPSA) is 129 Å². The average Bonchev–Trinajstić information content (AvgIpc) is 1.95. The van der Waals surface area contributed by atoms with E-state index < -0.39 is 0 Å². The van der Waals surface area contributed by atoms with Crippen LogP contribution in [0, 0.1) is 0 Å². The van der Waals surface area contributed by atoms with Crippen LogP contribution in [-0.4, -0.2) is 39.9 Å². The molecule has 0 spiro atoms. The normalized spacial score (nSPS) is 13.3. The third kappa shape index (κ3) is 8.47. The summed E-state index contributed by atoms with van der Waals surface area (Å²) in [5.41, 5.74) is 21.0. The smallest absolute Gasteiger partial charge is 0.182 e. The lowest BCUT2D eigenvalue weighted by Gasteiger charge is -2.22. The van der Waals surface area contributed by atoms with E-state index in [1.807, 2.05) is 121 Å². The number of para-hydroxylation sites is 2. The van der Waals surface area contributed by atoms with Gasteiger partial charge in [0.05, 0.1) is 0 Å². The van der Waals surface area contributed by atoms with Crippen LogP contribution in [0.15, 0.2) is 252 Å². The van der Waals surface area contributed by atoms with Crippen molar-refractivity contribution in [2.45, 2.75) is 38.5 Å². The molecule has 10 nitrogen and oxygen atoms in total. The summed E-state index contributed by atoms with van der Waals surface area (Å²) in [6.45, 7) is 9.16.